The zero-order valence-electron chi connectivity index (χ0n) is 7.62. The van der Waals surface area contributed by atoms with Gasteiger partial charge in [0.05, 0.1) is 0 Å². The van der Waals surface area contributed by atoms with Crippen LogP contribution < -0.4 is 5.43 Å². The molecule has 86 valence electrons. The zero-order valence-corrected chi connectivity index (χ0v) is 10.7. The van der Waals surface area contributed by atoms with Crippen molar-refractivity contribution in [2.24, 2.45) is 5.10 Å². The van der Waals surface area contributed by atoms with Gasteiger partial charge in [-0.15, -0.1) is 0 Å². The average molecular weight is 300 g/mol. The Labute approximate surface area is 107 Å². The van der Waals surface area contributed by atoms with Crippen LogP contribution in [0.25, 0.3) is 0 Å². The molecule has 1 heterocycles. The van der Waals surface area contributed by atoms with Crippen LogP contribution in [0.2, 0.25) is 0 Å². The van der Waals surface area contributed by atoms with Crippen LogP contribution in [0.4, 0.5) is 0 Å². The van der Waals surface area contributed by atoms with Gasteiger partial charge in [0.15, 0.2) is 5.17 Å². The fourth-order valence-electron chi connectivity index (χ4n) is 1.37. The van der Waals surface area contributed by atoms with E-state index >= 15 is 0 Å². The molecule has 0 bridgehead atoms. The molecule has 0 radical (unpaired) electrons. The van der Waals surface area contributed by atoms with Gasteiger partial charge in [-0.2, -0.15) is 5.10 Å². The Morgan fingerprint density at radius 3 is 2.56 bits per heavy atom. The summed E-state index contributed by atoms with van der Waals surface area (Å²) in [6, 6.07) is 6.46. The lowest BCUT2D eigenvalue weighted by Gasteiger charge is -2.28. The summed E-state index contributed by atoms with van der Waals surface area (Å²) in [6.07, 6.45) is 0. The van der Waals surface area contributed by atoms with Crippen LogP contribution in [0.1, 0.15) is 11.1 Å². The molecule has 0 saturated heterocycles. The second kappa shape index (κ2) is 3.77. The fraction of sp³-hybridized carbons (Fsp3) is 0.125. The number of rotatable bonds is 1. The van der Waals surface area contributed by atoms with Crippen LogP contribution in [-0.4, -0.2) is 13.6 Å². The summed E-state index contributed by atoms with van der Waals surface area (Å²) in [4.78, 5) is 0. The maximum atomic E-state index is 11.4. The number of fused-ring (bicyclic) bond motifs is 1. The van der Waals surface area contributed by atoms with Crippen LogP contribution in [-0.2, 0) is 13.4 Å². The molecule has 1 aliphatic heterocycles. The van der Waals surface area contributed by atoms with Crippen molar-refractivity contribution in [3.8, 4) is 0 Å². The Bertz CT molecular complexity index is 572. The zero-order chi connectivity index (χ0) is 12.0. The highest BCUT2D eigenvalue weighted by Crippen LogP contribution is 2.39. The molecule has 0 amide bonds. The molecule has 1 unspecified atom stereocenters. The number of nitrogens with one attached hydrogen (secondary N) is 1. The normalized spacial score (nSPS) is 24.3. The van der Waals surface area contributed by atoms with Gasteiger partial charge >= 0.3 is 0 Å². The monoisotopic (exact) mass is 298 g/mol. The fourth-order valence-corrected chi connectivity index (χ4v) is 2.73. The van der Waals surface area contributed by atoms with Gasteiger partial charge in [-0.05, 0) is 0 Å². The number of hydrazone groups is 1. The molecule has 0 aliphatic carbocycles. The van der Waals surface area contributed by atoms with Gasteiger partial charge in [-0.25, -0.2) is 8.42 Å². The van der Waals surface area contributed by atoms with Crippen molar-refractivity contribution in [1.82, 2.24) is 5.43 Å². The quantitative estimate of drug-likeness (QED) is 0.491. The third-order valence-corrected chi connectivity index (χ3v) is 5.23. The highest BCUT2D eigenvalue weighted by atomic mass is 35.7. The highest BCUT2D eigenvalue weighted by Gasteiger charge is 2.46. The lowest BCUT2D eigenvalue weighted by molar-refractivity contribution is 0.551. The van der Waals surface area contributed by atoms with Crippen molar-refractivity contribution in [2.45, 2.75) is 4.33 Å². The number of halogens is 3. The van der Waals surface area contributed by atoms with Crippen molar-refractivity contribution in [1.29, 1.82) is 0 Å². The Morgan fingerprint density at radius 2 is 1.94 bits per heavy atom. The lowest BCUT2D eigenvalue weighted by atomic mass is 10.1. The van der Waals surface area contributed by atoms with Crippen LogP contribution in [0.15, 0.2) is 29.4 Å². The van der Waals surface area contributed by atoms with E-state index in [0.717, 1.165) is 0 Å². The minimum Gasteiger partial charge on any atom is -0.269 e. The molecule has 0 saturated carbocycles. The van der Waals surface area contributed by atoms with E-state index in [9.17, 15) is 8.42 Å². The summed E-state index contributed by atoms with van der Waals surface area (Å²) in [6.45, 7) is 0. The molecule has 1 aromatic rings. The van der Waals surface area contributed by atoms with Crippen LogP contribution in [0.3, 0.4) is 0 Å². The number of benzene rings is 1. The second-order valence-corrected chi connectivity index (χ2v) is 6.95. The number of alkyl halides is 1. The van der Waals surface area contributed by atoms with E-state index in [0.29, 0.717) is 5.56 Å². The van der Waals surface area contributed by atoms with Gasteiger partial charge in [0.1, 0.15) is 0 Å². The van der Waals surface area contributed by atoms with E-state index in [1.807, 2.05) is 0 Å². The van der Waals surface area contributed by atoms with Crippen molar-refractivity contribution >= 4 is 48.1 Å². The molecular weight excluding hydrogens is 295 g/mol. The summed E-state index contributed by atoms with van der Waals surface area (Å²) in [5, 5.41) is 3.76. The smallest absolute Gasteiger partial charge is 0.269 e. The molecule has 0 spiro atoms. The Balaban J connectivity index is 2.74. The van der Waals surface area contributed by atoms with E-state index in [2.05, 4.69) is 10.5 Å². The maximum Gasteiger partial charge on any atom is 0.277 e. The summed E-state index contributed by atoms with van der Waals surface area (Å²) in [7, 11) is 1.19. The van der Waals surface area contributed by atoms with E-state index in [1.54, 1.807) is 18.2 Å². The van der Waals surface area contributed by atoms with Crippen molar-refractivity contribution in [3.05, 3.63) is 35.4 Å². The molecule has 8 heteroatoms. The largest absolute Gasteiger partial charge is 0.277 e. The molecule has 1 atom stereocenters. The minimum atomic E-state index is -4.10. The number of nitrogens with zero attached hydrogens (tertiary/aromatic N) is 1. The van der Waals surface area contributed by atoms with Crippen molar-refractivity contribution in [3.63, 3.8) is 0 Å². The Kier molecular flexibility index (Phi) is 2.82. The molecule has 4 nitrogen and oxygen atoms in total. The Hall–Kier alpha value is -0.490. The molecule has 2 rings (SSSR count). The van der Waals surface area contributed by atoms with E-state index < -0.39 is 13.4 Å². The van der Waals surface area contributed by atoms with Crippen molar-refractivity contribution < 1.29 is 8.42 Å². The van der Waals surface area contributed by atoms with Crippen LogP contribution in [0, 0.1) is 0 Å². The predicted molar refractivity (Wildman–Crippen MR) is 64.3 cm³/mol. The first-order valence-corrected chi connectivity index (χ1v) is 7.16. The minimum absolute atomic E-state index is 0.132. The first kappa shape index (κ1) is 12.0. The molecule has 1 aromatic carbocycles. The lowest BCUT2D eigenvalue weighted by Crippen LogP contribution is -2.43. The molecule has 1 N–H and O–H groups in total. The van der Waals surface area contributed by atoms with Crippen molar-refractivity contribution in [2.75, 3.05) is 0 Å². The van der Waals surface area contributed by atoms with Gasteiger partial charge in [-0.3, -0.25) is 5.43 Å². The number of hydrogen-bond donors (Lipinski definition) is 1. The summed E-state index contributed by atoms with van der Waals surface area (Å²) >= 11 is 11.8. The maximum absolute atomic E-state index is 11.4. The third kappa shape index (κ3) is 1.68. The van der Waals surface area contributed by atoms with E-state index in [-0.39, 0.29) is 10.7 Å². The summed E-state index contributed by atoms with van der Waals surface area (Å²) < 4.78 is 20.9. The summed E-state index contributed by atoms with van der Waals surface area (Å²) in [5.74, 6) is 0. The molecule has 0 fully saturated rings. The van der Waals surface area contributed by atoms with Gasteiger partial charge < -0.3 is 0 Å². The molecule has 1 aliphatic rings. The van der Waals surface area contributed by atoms with Crippen LogP contribution >= 0.6 is 33.9 Å². The first-order chi connectivity index (χ1) is 7.36. The van der Waals surface area contributed by atoms with E-state index in [4.69, 9.17) is 33.9 Å². The van der Waals surface area contributed by atoms with Gasteiger partial charge in [-0.1, -0.05) is 47.5 Å². The van der Waals surface area contributed by atoms with Gasteiger partial charge in [0.2, 0.25) is 0 Å². The third-order valence-electron chi connectivity index (χ3n) is 2.13. The molecule has 0 aromatic heterocycles. The predicted octanol–water partition coefficient (Wildman–Crippen LogP) is 2.11. The molecular formula is C8H5Cl3N2O2S. The highest BCUT2D eigenvalue weighted by molar-refractivity contribution is 8.15. The van der Waals surface area contributed by atoms with Gasteiger partial charge in [0.25, 0.3) is 13.4 Å². The standard InChI is InChI=1S/C8H5Cl3N2O2S/c9-7-5-3-1-2-4-6(5)8(10,13-12-7)16(11,14)15/h1-4,13H. The first-order valence-electron chi connectivity index (χ1n) is 4.09. The Morgan fingerprint density at radius 1 is 1.31 bits per heavy atom. The molecule has 16 heavy (non-hydrogen) atoms. The second-order valence-electron chi connectivity index (χ2n) is 3.09. The summed E-state index contributed by atoms with van der Waals surface area (Å²) in [5.41, 5.74) is 2.93. The number of hydrogen-bond acceptors (Lipinski definition) is 4. The van der Waals surface area contributed by atoms with Gasteiger partial charge in [0, 0.05) is 21.8 Å². The van der Waals surface area contributed by atoms with Crippen LogP contribution in [0.5, 0.6) is 0 Å². The van der Waals surface area contributed by atoms with E-state index in [1.165, 1.54) is 6.07 Å². The topological polar surface area (TPSA) is 58.5 Å². The average Bonchev–Trinajstić information content (AvgIpc) is 2.23. The SMILES string of the molecule is O=S(=O)(Cl)C1(Cl)NN=C(Cl)c2ccccc21.